The standard InChI is InChI=1S/C24H22BrN3O3S2/c1-3-28-21-14-11-19(25)15-22(21)32-24(28)26-23(29)18-9-12-20(13-10-18)33(30,31)27(2)16-17-7-5-4-6-8-17/h4-15H,3,16H2,1-2H3. The van der Waals surface area contributed by atoms with Crippen LogP contribution in [0.2, 0.25) is 0 Å². The first kappa shape index (κ1) is 23.6. The van der Waals surface area contributed by atoms with E-state index in [4.69, 9.17) is 0 Å². The predicted octanol–water partition coefficient (Wildman–Crippen LogP) is 5.05. The van der Waals surface area contributed by atoms with Gasteiger partial charge in [-0.25, -0.2) is 8.42 Å². The summed E-state index contributed by atoms with van der Waals surface area (Å²) in [6.45, 7) is 2.94. The number of carbonyl (C=O) groups excluding carboxylic acids is 1. The van der Waals surface area contributed by atoms with E-state index >= 15 is 0 Å². The lowest BCUT2D eigenvalue weighted by Crippen LogP contribution is -2.26. The average molecular weight is 544 g/mol. The molecule has 0 radical (unpaired) electrons. The molecule has 0 saturated heterocycles. The van der Waals surface area contributed by atoms with Crippen LogP contribution >= 0.6 is 27.3 Å². The fourth-order valence-electron chi connectivity index (χ4n) is 3.46. The van der Waals surface area contributed by atoms with Crippen molar-refractivity contribution in [2.45, 2.75) is 24.9 Å². The minimum Gasteiger partial charge on any atom is -0.317 e. The first-order valence-electron chi connectivity index (χ1n) is 10.3. The Labute approximate surface area is 205 Å². The summed E-state index contributed by atoms with van der Waals surface area (Å²) in [7, 11) is -2.14. The molecular weight excluding hydrogens is 522 g/mol. The fraction of sp³-hybridized carbons (Fsp3) is 0.167. The molecular formula is C24H22BrN3O3S2. The molecule has 0 aliphatic heterocycles. The molecule has 0 N–H and O–H groups in total. The molecule has 9 heteroatoms. The average Bonchev–Trinajstić information content (AvgIpc) is 3.15. The van der Waals surface area contributed by atoms with Crippen LogP contribution in [-0.2, 0) is 23.1 Å². The van der Waals surface area contributed by atoms with Crippen molar-refractivity contribution in [3.63, 3.8) is 0 Å². The van der Waals surface area contributed by atoms with Crippen LogP contribution in [0.15, 0.2) is 87.2 Å². The number of benzene rings is 3. The summed E-state index contributed by atoms with van der Waals surface area (Å²) in [6, 6.07) is 21.3. The van der Waals surface area contributed by atoms with Crippen LogP contribution in [0.1, 0.15) is 22.8 Å². The zero-order chi connectivity index (χ0) is 23.6. The van der Waals surface area contributed by atoms with Crippen LogP contribution in [0.4, 0.5) is 0 Å². The normalized spacial score (nSPS) is 12.5. The van der Waals surface area contributed by atoms with Crippen LogP contribution in [0.5, 0.6) is 0 Å². The Kier molecular flexibility index (Phi) is 6.94. The molecule has 0 aliphatic carbocycles. The number of rotatable bonds is 6. The Morgan fingerprint density at radius 2 is 1.76 bits per heavy atom. The van der Waals surface area contributed by atoms with Gasteiger partial charge in [0.15, 0.2) is 4.80 Å². The van der Waals surface area contributed by atoms with E-state index in [1.54, 1.807) is 7.05 Å². The number of amides is 1. The second-order valence-corrected chi connectivity index (χ2v) is 11.4. The molecule has 170 valence electrons. The van der Waals surface area contributed by atoms with Crippen LogP contribution < -0.4 is 4.80 Å². The predicted molar refractivity (Wildman–Crippen MR) is 135 cm³/mol. The summed E-state index contributed by atoms with van der Waals surface area (Å²) in [5.41, 5.74) is 2.25. The van der Waals surface area contributed by atoms with Gasteiger partial charge in [-0.1, -0.05) is 57.6 Å². The zero-order valence-corrected chi connectivity index (χ0v) is 21.3. The van der Waals surface area contributed by atoms with Crippen LogP contribution in [0.25, 0.3) is 10.2 Å². The molecule has 1 heterocycles. The topological polar surface area (TPSA) is 71.7 Å². The molecule has 3 aromatic carbocycles. The van der Waals surface area contributed by atoms with Gasteiger partial charge in [0.05, 0.1) is 15.1 Å². The second kappa shape index (κ2) is 9.72. The van der Waals surface area contributed by atoms with E-state index in [1.165, 1.54) is 39.9 Å². The van der Waals surface area contributed by atoms with Gasteiger partial charge in [-0.2, -0.15) is 9.30 Å². The molecule has 6 nitrogen and oxygen atoms in total. The van der Waals surface area contributed by atoms with Crippen molar-refractivity contribution in [1.82, 2.24) is 8.87 Å². The molecule has 0 saturated carbocycles. The van der Waals surface area contributed by atoms with Gasteiger partial charge in [-0.3, -0.25) is 4.79 Å². The van der Waals surface area contributed by atoms with E-state index in [9.17, 15) is 13.2 Å². The number of nitrogens with zero attached hydrogens (tertiary/aromatic N) is 3. The maximum Gasteiger partial charge on any atom is 0.279 e. The summed E-state index contributed by atoms with van der Waals surface area (Å²) >= 11 is 4.91. The Bertz CT molecular complexity index is 1480. The largest absolute Gasteiger partial charge is 0.317 e. The summed E-state index contributed by atoms with van der Waals surface area (Å²) in [6.07, 6.45) is 0. The van der Waals surface area contributed by atoms with Gasteiger partial charge in [0.1, 0.15) is 0 Å². The van der Waals surface area contributed by atoms with E-state index in [0.29, 0.717) is 16.9 Å². The quantitative estimate of drug-likeness (QED) is 0.341. The Hall–Kier alpha value is -2.59. The van der Waals surface area contributed by atoms with Crippen LogP contribution in [-0.4, -0.2) is 30.2 Å². The van der Waals surface area contributed by atoms with Gasteiger partial charge >= 0.3 is 0 Å². The van der Waals surface area contributed by atoms with E-state index in [-0.39, 0.29) is 11.4 Å². The van der Waals surface area contributed by atoms with E-state index in [2.05, 4.69) is 20.9 Å². The lowest BCUT2D eigenvalue weighted by Gasteiger charge is -2.17. The van der Waals surface area contributed by atoms with Crippen molar-refractivity contribution < 1.29 is 13.2 Å². The Morgan fingerprint density at radius 3 is 2.42 bits per heavy atom. The maximum atomic E-state index is 12.9. The smallest absolute Gasteiger partial charge is 0.279 e. The van der Waals surface area contributed by atoms with Gasteiger partial charge in [0.25, 0.3) is 5.91 Å². The number of fused-ring (bicyclic) bond motifs is 1. The van der Waals surface area contributed by atoms with Gasteiger partial charge < -0.3 is 4.57 Å². The molecule has 0 unspecified atom stereocenters. The van der Waals surface area contributed by atoms with Crippen molar-refractivity contribution in [3.05, 3.63) is 93.2 Å². The molecule has 0 spiro atoms. The summed E-state index contributed by atoms with van der Waals surface area (Å²) in [4.78, 5) is 17.9. The molecule has 33 heavy (non-hydrogen) atoms. The highest BCUT2D eigenvalue weighted by atomic mass is 79.9. The highest BCUT2D eigenvalue weighted by Crippen LogP contribution is 2.22. The second-order valence-electron chi connectivity index (χ2n) is 7.43. The van der Waals surface area contributed by atoms with Crippen molar-refractivity contribution in [2.24, 2.45) is 4.99 Å². The monoisotopic (exact) mass is 543 g/mol. The lowest BCUT2D eigenvalue weighted by atomic mass is 10.2. The van der Waals surface area contributed by atoms with E-state index < -0.39 is 15.9 Å². The van der Waals surface area contributed by atoms with Crippen molar-refractivity contribution in [1.29, 1.82) is 0 Å². The summed E-state index contributed by atoms with van der Waals surface area (Å²) in [5.74, 6) is -0.413. The zero-order valence-electron chi connectivity index (χ0n) is 18.1. The van der Waals surface area contributed by atoms with Gasteiger partial charge in [0.2, 0.25) is 10.0 Å². The number of halogens is 1. The number of carbonyl (C=O) groups is 1. The maximum absolute atomic E-state index is 12.9. The number of hydrogen-bond acceptors (Lipinski definition) is 4. The number of hydrogen-bond donors (Lipinski definition) is 0. The minimum atomic E-state index is -3.69. The fourth-order valence-corrected chi connectivity index (χ4v) is 6.27. The molecule has 4 aromatic rings. The lowest BCUT2D eigenvalue weighted by molar-refractivity contribution is 0.0997. The Morgan fingerprint density at radius 1 is 1.06 bits per heavy atom. The molecule has 0 bridgehead atoms. The molecule has 1 aromatic heterocycles. The van der Waals surface area contributed by atoms with Gasteiger partial charge in [-0.15, -0.1) is 0 Å². The van der Waals surface area contributed by atoms with Crippen molar-refractivity contribution in [3.8, 4) is 0 Å². The van der Waals surface area contributed by atoms with E-state index in [1.807, 2.05) is 60.0 Å². The number of thiazole rings is 1. The van der Waals surface area contributed by atoms with Crippen molar-refractivity contribution >= 4 is 53.4 Å². The summed E-state index contributed by atoms with van der Waals surface area (Å²) < 4.78 is 31.1. The minimum absolute atomic E-state index is 0.132. The highest BCUT2D eigenvalue weighted by Gasteiger charge is 2.21. The molecule has 4 rings (SSSR count). The molecule has 0 fully saturated rings. The van der Waals surface area contributed by atoms with Gasteiger partial charge in [-0.05, 0) is 55.0 Å². The number of aryl methyl sites for hydroxylation is 1. The highest BCUT2D eigenvalue weighted by molar-refractivity contribution is 9.10. The Balaban J connectivity index is 1.59. The third-order valence-corrected chi connectivity index (χ3v) is 8.57. The first-order chi connectivity index (χ1) is 15.8. The first-order valence-corrected chi connectivity index (χ1v) is 13.3. The number of aromatic nitrogens is 1. The SMILES string of the molecule is CCn1c(=NC(=O)c2ccc(S(=O)(=O)N(C)Cc3ccccc3)cc2)sc2cc(Br)ccc21. The molecule has 0 atom stereocenters. The number of sulfonamides is 1. The van der Waals surface area contributed by atoms with Gasteiger partial charge in [0, 0.05) is 30.2 Å². The van der Waals surface area contributed by atoms with Crippen molar-refractivity contribution in [2.75, 3.05) is 7.05 Å². The third-order valence-electron chi connectivity index (χ3n) is 5.22. The van der Waals surface area contributed by atoms with E-state index in [0.717, 1.165) is 20.3 Å². The van der Waals surface area contributed by atoms with Crippen LogP contribution in [0, 0.1) is 0 Å². The van der Waals surface area contributed by atoms with Crippen LogP contribution in [0.3, 0.4) is 0 Å². The summed E-state index contributed by atoms with van der Waals surface area (Å²) in [5, 5.41) is 0. The molecule has 1 amide bonds. The molecule has 0 aliphatic rings. The third kappa shape index (κ3) is 5.01.